The van der Waals surface area contributed by atoms with E-state index in [4.69, 9.17) is 5.26 Å². The van der Waals surface area contributed by atoms with E-state index in [1.54, 1.807) is 19.1 Å². The van der Waals surface area contributed by atoms with Crippen LogP contribution in [0.1, 0.15) is 29.7 Å². The lowest BCUT2D eigenvalue weighted by Crippen LogP contribution is -2.18. The molecule has 0 unspecified atom stereocenters. The van der Waals surface area contributed by atoms with Crippen molar-refractivity contribution in [3.8, 4) is 6.07 Å². The Bertz CT molecular complexity index is 677. The van der Waals surface area contributed by atoms with Gasteiger partial charge in [0.1, 0.15) is 5.82 Å². The summed E-state index contributed by atoms with van der Waals surface area (Å²) in [5.41, 5.74) is 2.91. The number of nitriles is 1. The summed E-state index contributed by atoms with van der Waals surface area (Å²) in [5.74, 6) is -0.366. The Morgan fingerprint density at radius 2 is 2.05 bits per heavy atom. The van der Waals surface area contributed by atoms with Crippen LogP contribution in [-0.2, 0) is 6.54 Å². The summed E-state index contributed by atoms with van der Waals surface area (Å²) in [5, 5.41) is 18.7. The van der Waals surface area contributed by atoms with Crippen LogP contribution in [0.15, 0.2) is 42.5 Å². The second-order valence-corrected chi connectivity index (χ2v) is 5.05. The molecule has 0 heterocycles. The van der Waals surface area contributed by atoms with Crippen molar-refractivity contribution >= 4 is 5.69 Å². The van der Waals surface area contributed by atoms with Gasteiger partial charge in [-0.3, -0.25) is 0 Å². The lowest BCUT2D eigenvalue weighted by molar-refractivity contribution is 0.199. The molecule has 1 N–H and O–H groups in total. The van der Waals surface area contributed by atoms with Gasteiger partial charge in [0.15, 0.2) is 0 Å². The first-order chi connectivity index (χ1) is 10.0. The Balaban J connectivity index is 2.28. The van der Waals surface area contributed by atoms with Gasteiger partial charge in [-0.2, -0.15) is 5.26 Å². The summed E-state index contributed by atoms with van der Waals surface area (Å²) in [6, 6.07) is 13.8. The van der Waals surface area contributed by atoms with Gasteiger partial charge in [-0.1, -0.05) is 12.1 Å². The van der Waals surface area contributed by atoms with Crippen LogP contribution in [-0.4, -0.2) is 12.2 Å². The molecule has 0 aliphatic carbocycles. The fourth-order valence-corrected chi connectivity index (χ4v) is 2.31. The number of anilines is 1. The fraction of sp³-hybridized carbons (Fsp3) is 0.235. The third kappa shape index (κ3) is 3.59. The van der Waals surface area contributed by atoms with Gasteiger partial charge in [0.25, 0.3) is 0 Å². The zero-order valence-corrected chi connectivity index (χ0v) is 12.0. The molecule has 4 heteroatoms. The number of hydrogen-bond acceptors (Lipinski definition) is 3. The van der Waals surface area contributed by atoms with Crippen LogP contribution in [0.3, 0.4) is 0 Å². The van der Waals surface area contributed by atoms with Crippen LogP contribution in [0.5, 0.6) is 0 Å². The van der Waals surface area contributed by atoms with Crippen LogP contribution >= 0.6 is 0 Å². The molecule has 0 aliphatic heterocycles. The van der Waals surface area contributed by atoms with Gasteiger partial charge >= 0.3 is 0 Å². The van der Waals surface area contributed by atoms with E-state index in [1.807, 2.05) is 30.1 Å². The van der Waals surface area contributed by atoms with Crippen LogP contribution < -0.4 is 4.90 Å². The topological polar surface area (TPSA) is 47.3 Å². The number of benzene rings is 2. The van der Waals surface area contributed by atoms with E-state index in [-0.39, 0.29) is 5.82 Å². The number of halogens is 1. The largest absolute Gasteiger partial charge is 0.389 e. The maximum absolute atomic E-state index is 13.3. The molecule has 0 amide bonds. The van der Waals surface area contributed by atoms with E-state index in [1.165, 1.54) is 12.1 Å². The molecule has 0 aromatic heterocycles. The highest BCUT2D eigenvalue weighted by Crippen LogP contribution is 2.27. The number of aliphatic hydroxyl groups excluding tert-OH is 1. The molecule has 2 rings (SSSR count). The first kappa shape index (κ1) is 15.0. The number of hydrogen-bond donors (Lipinski definition) is 1. The molecule has 0 bridgehead atoms. The second-order valence-electron chi connectivity index (χ2n) is 5.05. The van der Waals surface area contributed by atoms with Gasteiger partial charge in [-0.05, 0) is 42.8 Å². The first-order valence-electron chi connectivity index (χ1n) is 6.69. The van der Waals surface area contributed by atoms with Crippen molar-refractivity contribution in [2.75, 3.05) is 11.9 Å². The molecule has 0 spiro atoms. The third-order valence-corrected chi connectivity index (χ3v) is 3.33. The number of rotatable bonds is 4. The zero-order chi connectivity index (χ0) is 15.4. The SMILES string of the molecule is C[C@@H](O)c1cc(F)ccc1N(C)Cc1cccc(C#N)c1. The number of aliphatic hydroxyl groups is 1. The summed E-state index contributed by atoms with van der Waals surface area (Å²) in [6.45, 7) is 2.18. The number of nitrogens with zero attached hydrogens (tertiary/aromatic N) is 2. The van der Waals surface area contributed by atoms with Crippen molar-refractivity contribution < 1.29 is 9.50 Å². The molecule has 2 aromatic rings. The molecular formula is C17H17FN2O. The summed E-state index contributed by atoms with van der Waals surface area (Å²) in [6.07, 6.45) is -0.747. The van der Waals surface area contributed by atoms with E-state index >= 15 is 0 Å². The smallest absolute Gasteiger partial charge is 0.123 e. The highest BCUT2D eigenvalue weighted by atomic mass is 19.1. The molecule has 21 heavy (non-hydrogen) atoms. The minimum atomic E-state index is -0.747. The molecular weight excluding hydrogens is 267 g/mol. The van der Waals surface area contributed by atoms with Crippen LogP contribution in [0.25, 0.3) is 0 Å². The van der Waals surface area contributed by atoms with E-state index < -0.39 is 6.10 Å². The average Bonchev–Trinajstić information content (AvgIpc) is 2.47. The lowest BCUT2D eigenvalue weighted by Gasteiger charge is -2.24. The summed E-state index contributed by atoms with van der Waals surface area (Å²) < 4.78 is 13.3. The Morgan fingerprint density at radius 3 is 2.71 bits per heavy atom. The summed E-state index contributed by atoms with van der Waals surface area (Å²) >= 11 is 0. The Morgan fingerprint density at radius 1 is 1.29 bits per heavy atom. The molecule has 0 aliphatic rings. The molecule has 0 saturated carbocycles. The normalized spacial score (nSPS) is 11.8. The predicted octanol–water partition coefficient (Wildman–Crippen LogP) is 3.39. The van der Waals surface area contributed by atoms with Gasteiger partial charge in [-0.15, -0.1) is 0 Å². The second kappa shape index (κ2) is 6.38. The van der Waals surface area contributed by atoms with Crippen molar-refractivity contribution in [3.05, 3.63) is 65.0 Å². The first-order valence-corrected chi connectivity index (χ1v) is 6.69. The zero-order valence-electron chi connectivity index (χ0n) is 12.0. The van der Waals surface area contributed by atoms with Crippen LogP contribution in [0.4, 0.5) is 10.1 Å². The van der Waals surface area contributed by atoms with Crippen molar-refractivity contribution in [2.45, 2.75) is 19.6 Å². The van der Waals surface area contributed by atoms with E-state index in [0.717, 1.165) is 11.3 Å². The van der Waals surface area contributed by atoms with Crippen molar-refractivity contribution in [2.24, 2.45) is 0 Å². The van der Waals surface area contributed by atoms with Gasteiger partial charge in [0.05, 0.1) is 17.7 Å². The highest BCUT2D eigenvalue weighted by Gasteiger charge is 2.13. The molecule has 2 aromatic carbocycles. The lowest BCUT2D eigenvalue weighted by atomic mass is 10.1. The molecule has 0 saturated heterocycles. The molecule has 0 fully saturated rings. The van der Waals surface area contributed by atoms with Gasteiger partial charge in [0, 0.05) is 24.8 Å². The van der Waals surface area contributed by atoms with E-state index in [2.05, 4.69) is 6.07 Å². The third-order valence-electron chi connectivity index (χ3n) is 3.33. The minimum Gasteiger partial charge on any atom is -0.389 e. The maximum Gasteiger partial charge on any atom is 0.123 e. The fourth-order valence-electron chi connectivity index (χ4n) is 2.31. The molecule has 3 nitrogen and oxygen atoms in total. The highest BCUT2D eigenvalue weighted by molar-refractivity contribution is 5.54. The Kier molecular flexibility index (Phi) is 4.56. The van der Waals surface area contributed by atoms with Crippen molar-refractivity contribution in [3.63, 3.8) is 0 Å². The summed E-state index contributed by atoms with van der Waals surface area (Å²) in [4.78, 5) is 1.93. The monoisotopic (exact) mass is 284 g/mol. The molecule has 0 radical (unpaired) electrons. The predicted molar refractivity (Wildman–Crippen MR) is 80.3 cm³/mol. The Labute approximate surface area is 123 Å². The maximum atomic E-state index is 13.3. The standard InChI is InChI=1S/C17H17FN2O/c1-12(21)16-9-15(18)6-7-17(16)20(2)11-14-5-3-4-13(8-14)10-19/h3-9,12,21H,11H2,1-2H3/t12-/m1/s1. The average molecular weight is 284 g/mol. The van der Waals surface area contributed by atoms with Crippen LogP contribution in [0, 0.1) is 17.1 Å². The van der Waals surface area contributed by atoms with Gasteiger partial charge < -0.3 is 10.0 Å². The van der Waals surface area contributed by atoms with Gasteiger partial charge in [0.2, 0.25) is 0 Å². The van der Waals surface area contributed by atoms with Crippen molar-refractivity contribution in [1.82, 2.24) is 0 Å². The quantitative estimate of drug-likeness (QED) is 0.936. The van der Waals surface area contributed by atoms with E-state index in [0.29, 0.717) is 17.7 Å². The summed E-state index contributed by atoms with van der Waals surface area (Å²) in [7, 11) is 1.87. The minimum absolute atomic E-state index is 0.366. The molecule has 108 valence electrons. The van der Waals surface area contributed by atoms with Gasteiger partial charge in [-0.25, -0.2) is 4.39 Å². The van der Waals surface area contributed by atoms with Crippen LogP contribution in [0.2, 0.25) is 0 Å². The molecule has 1 atom stereocenters. The van der Waals surface area contributed by atoms with Crippen molar-refractivity contribution in [1.29, 1.82) is 5.26 Å². The van der Waals surface area contributed by atoms with E-state index in [9.17, 15) is 9.50 Å². The Hall–Kier alpha value is -2.38.